The zero-order valence-electron chi connectivity index (χ0n) is 13.8. The lowest BCUT2D eigenvalue weighted by Crippen LogP contribution is -2.48. The van der Waals surface area contributed by atoms with Gasteiger partial charge in [0.15, 0.2) is 0 Å². The molecular formula is C17H33NOS. The van der Waals surface area contributed by atoms with Crippen LogP contribution < -0.4 is 5.32 Å². The van der Waals surface area contributed by atoms with Gasteiger partial charge in [-0.2, -0.15) is 11.8 Å². The smallest absolute Gasteiger partial charge is 0.0685 e. The Kier molecular flexibility index (Phi) is 5.84. The first-order chi connectivity index (χ1) is 9.44. The van der Waals surface area contributed by atoms with Crippen LogP contribution in [-0.4, -0.2) is 35.8 Å². The summed E-state index contributed by atoms with van der Waals surface area (Å²) in [5.41, 5.74) is 0.239. The third-order valence-corrected chi connectivity index (χ3v) is 6.32. The quantitative estimate of drug-likeness (QED) is 0.839. The summed E-state index contributed by atoms with van der Waals surface area (Å²) in [4.78, 5) is 0. The summed E-state index contributed by atoms with van der Waals surface area (Å²) in [6.45, 7) is 7.92. The SMILES string of the molecule is CNC(CSC(C)(C)C)C1CCOC2(CCCCC2)C1. The lowest BCUT2D eigenvalue weighted by atomic mass is 9.74. The second kappa shape index (κ2) is 7.02. The molecule has 1 heterocycles. The molecule has 0 amide bonds. The van der Waals surface area contributed by atoms with Crippen LogP contribution in [0.3, 0.4) is 0 Å². The van der Waals surface area contributed by atoms with Crippen molar-refractivity contribution in [3.63, 3.8) is 0 Å². The van der Waals surface area contributed by atoms with Crippen LogP contribution in [0.5, 0.6) is 0 Å². The molecule has 1 spiro atoms. The Morgan fingerprint density at radius 2 is 1.95 bits per heavy atom. The fraction of sp³-hybridized carbons (Fsp3) is 1.00. The monoisotopic (exact) mass is 299 g/mol. The third kappa shape index (κ3) is 4.64. The summed E-state index contributed by atoms with van der Waals surface area (Å²) in [5.74, 6) is 2.02. The van der Waals surface area contributed by atoms with Crippen molar-refractivity contribution in [2.45, 2.75) is 82.1 Å². The Labute approximate surface area is 129 Å². The molecule has 20 heavy (non-hydrogen) atoms. The molecule has 2 fully saturated rings. The van der Waals surface area contributed by atoms with E-state index < -0.39 is 0 Å². The highest BCUT2D eigenvalue weighted by Gasteiger charge is 2.40. The van der Waals surface area contributed by atoms with E-state index in [1.54, 1.807) is 0 Å². The van der Waals surface area contributed by atoms with Crippen LogP contribution in [0.1, 0.15) is 65.7 Å². The van der Waals surface area contributed by atoms with Crippen LogP contribution in [0.25, 0.3) is 0 Å². The van der Waals surface area contributed by atoms with Gasteiger partial charge in [-0.3, -0.25) is 0 Å². The van der Waals surface area contributed by atoms with Gasteiger partial charge in [0, 0.05) is 23.1 Å². The first-order valence-corrected chi connectivity index (χ1v) is 9.38. The zero-order valence-corrected chi connectivity index (χ0v) is 14.7. The minimum Gasteiger partial charge on any atom is -0.375 e. The largest absolute Gasteiger partial charge is 0.375 e. The molecule has 1 aliphatic heterocycles. The third-order valence-electron chi connectivity index (χ3n) is 4.93. The second-order valence-corrected chi connectivity index (χ2v) is 9.51. The first-order valence-electron chi connectivity index (χ1n) is 8.39. The minimum atomic E-state index is 0.239. The van der Waals surface area contributed by atoms with E-state index in [1.165, 1.54) is 50.7 Å². The van der Waals surface area contributed by atoms with Gasteiger partial charge in [0.05, 0.1) is 5.60 Å². The number of nitrogens with one attached hydrogen (secondary N) is 1. The molecule has 1 saturated carbocycles. The number of thioether (sulfide) groups is 1. The van der Waals surface area contributed by atoms with E-state index in [-0.39, 0.29) is 5.60 Å². The molecule has 1 N–H and O–H groups in total. The van der Waals surface area contributed by atoms with Crippen LogP contribution in [0.2, 0.25) is 0 Å². The molecule has 118 valence electrons. The van der Waals surface area contributed by atoms with Gasteiger partial charge < -0.3 is 10.1 Å². The molecule has 0 radical (unpaired) electrons. The highest BCUT2D eigenvalue weighted by Crippen LogP contribution is 2.42. The van der Waals surface area contributed by atoms with E-state index in [0.717, 1.165) is 12.5 Å². The summed E-state index contributed by atoms with van der Waals surface area (Å²) in [6, 6.07) is 0.641. The molecule has 1 saturated heterocycles. The Bertz CT molecular complexity index is 288. The van der Waals surface area contributed by atoms with Gasteiger partial charge in [-0.25, -0.2) is 0 Å². The fourth-order valence-corrected chi connectivity index (χ4v) is 4.87. The Morgan fingerprint density at radius 1 is 1.25 bits per heavy atom. The predicted molar refractivity (Wildman–Crippen MR) is 89.6 cm³/mol. The van der Waals surface area contributed by atoms with Crippen molar-refractivity contribution in [3.8, 4) is 0 Å². The van der Waals surface area contributed by atoms with Crippen molar-refractivity contribution < 1.29 is 4.74 Å². The molecule has 2 unspecified atom stereocenters. The summed E-state index contributed by atoms with van der Waals surface area (Å²) in [6.07, 6.45) is 9.26. The van der Waals surface area contributed by atoms with Crippen LogP contribution in [0.4, 0.5) is 0 Å². The van der Waals surface area contributed by atoms with Crippen LogP contribution in [0.15, 0.2) is 0 Å². The maximum atomic E-state index is 6.24. The summed E-state index contributed by atoms with van der Waals surface area (Å²) < 4.78 is 6.61. The minimum absolute atomic E-state index is 0.239. The zero-order chi connectivity index (χ0) is 14.6. The Morgan fingerprint density at radius 3 is 2.55 bits per heavy atom. The van der Waals surface area contributed by atoms with E-state index in [2.05, 4.69) is 44.9 Å². The molecule has 1 aliphatic carbocycles. The Hall–Kier alpha value is 0.270. The normalized spacial score (nSPS) is 28.5. The van der Waals surface area contributed by atoms with Crippen LogP contribution >= 0.6 is 11.8 Å². The summed E-state index contributed by atoms with van der Waals surface area (Å²) in [7, 11) is 2.14. The number of ether oxygens (including phenoxy) is 1. The average Bonchev–Trinajstić information content (AvgIpc) is 2.39. The van der Waals surface area contributed by atoms with E-state index in [4.69, 9.17) is 4.74 Å². The standard InChI is InChI=1S/C17H33NOS/c1-16(2,3)20-13-15(18-4)14-8-11-19-17(12-14)9-6-5-7-10-17/h14-15,18H,5-13H2,1-4H3. The van der Waals surface area contributed by atoms with Crippen molar-refractivity contribution >= 4 is 11.8 Å². The topological polar surface area (TPSA) is 21.3 Å². The Balaban J connectivity index is 1.92. The van der Waals surface area contributed by atoms with Gasteiger partial charge in [0.1, 0.15) is 0 Å². The van der Waals surface area contributed by atoms with Crippen molar-refractivity contribution in [1.29, 1.82) is 0 Å². The molecule has 2 atom stereocenters. The molecule has 2 aliphatic rings. The van der Waals surface area contributed by atoms with Crippen LogP contribution in [0, 0.1) is 5.92 Å². The van der Waals surface area contributed by atoms with Crippen molar-refractivity contribution in [2.75, 3.05) is 19.4 Å². The lowest BCUT2D eigenvalue weighted by molar-refractivity contribution is -0.120. The second-order valence-electron chi connectivity index (χ2n) is 7.66. The van der Waals surface area contributed by atoms with Crippen LogP contribution in [-0.2, 0) is 4.74 Å². The fourth-order valence-electron chi connectivity index (χ4n) is 3.75. The van der Waals surface area contributed by atoms with E-state index in [9.17, 15) is 0 Å². The maximum Gasteiger partial charge on any atom is 0.0685 e. The molecule has 3 heteroatoms. The van der Waals surface area contributed by atoms with Crippen molar-refractivity contribution in [1.82, 2.24) is 5.32 Å². The average molecular weight is 300 g/mol. The lowest BCUT2D eigenvalue weighted by Gasteiger charge is -2.45. The molecule has 2 nitrogen and oxygen atoms in total. The highest BCUT2D eigenvalue weighted by atomic mass is 32.2. The van der Waals surface area contributed by atoms with Crippen molar-refractivity contribution in [2.24, 2.45) is 5.92 Å². The first kappa shape index (κ1) is 16.6. The maximum absolute atomic E-state index is 6.24. The van der Waals surface area contributed by atoms with E-state index in [1.807, 2.05) is 0 Å². The van der Waals surface area contributed by atoms with Gasteiger partial charge in [-0.1, -0.05) is 40.0 Å². The van der Waals surface area contributed by atoms with Gasteiger partial charge >= 0.3 is 0 Å². The van der Waals surface area contributed by atoms with E-state index >= 15 is 0 Å². The molecule has 0 aromatic rings. The molecule has 0 bridgehead atoms. The molecule has 0 aromatic heterocycles. The molecule has 0 aromatic carbocycles. The summed E-state index contributed by atoms with van der Waals surface area (Å²) >= 11 is 2.09. The molecule has 2 rings (SSSR count). The van der Waals surface area contributed by atoms with Gasteiger partial charge in [-0.05, 0) is 38.6 Å². The van der Waals surface area contributed by atoms with Crippen molar-refractivity contribution in [3.05, 3.63) is 0 Å². The number of hydrogen-bond acceptors (Lipinski definition) is 3. The number of rotatable bonds is 4. The molecular weight excluding hydrogens is 266 g/mol. The highest BCUT2D eigenvalue weighted by molar-refractivity contribution is 8.00. The van der Waals surface area contributed by atoms with Gasteiger partial charge in [0.25, 0.3) is 0 Å². The van der Waals surface area contributed by atoms with Gasteiger partial charge in [0.2, 0.25) is 0 Å². The summed E-state index contributed by atoms with van der Waals surface area (Å²) in [5, 5.41) is 3.59. The predicted octanol–water partition coefficient (Wildman–Crippen LogP) is 4.24. The number of hydrogen-bond donors (Lipinski definition) is 1. The van der Waals surface area contributed by atoms with Gasteiger partial charge in [-0.15, -0.1) is 0 Å². The van der Waals surface area contributed by atoms with E-state index in [0.29, 0.717) is 10.8 Å².